The number of carbonyl (C=O) groups excluding carboxylic acids is 1. The average Bonchev–Trinajstić information content (AvgIpc) is 1.86. The summed E-state index contributed by atoms with van der Waals surface area (Å²) in [7, 11) is 0. The lowest BCUT2D eigenvalue weighted by atomic mass is 9.95. The molecule has 0 saturated carbocycles. The van der Waals surface area contributed by atoms with Crippen LogP contribution < -0.4 is 5.32 Å². The van der Waals surface area contributed by atoms with E-state index in [0.29, 0.717) is 5.84 Å². The van der Waals surface area contributed by atoms with Gasteiger partial charge in [0.1, 0.15) is 0 Å². The summed E-state index contributed by atoms with van der Waals surface area (Å²) in [6, 6.07) is 0. The van der Waals surface area contributed by atoms with E-state index in [1.807, 2.05) is 20.8 Å². The molecule has 0 aliphatic carbocycles. The van der Waals surface area contributed by atoms with Gasteiger partial charge in [-0.05, 0) is 0 Å². The van der Waals surface area contributed by atoms with E-state index in [1.165, 1.54) is 0 Å². The van der Waals surface area contributed by atoms with Crippen LogP contribution in [0.5, 0.6) is 0 Å². The Hall–Kier alpha value is -1.06. The van der Waals surface area contributed by atoms with Crippen LogP contribution in [0.25, 0.3) is 0 Å². The highest BCUT2D eigenvalue weighted by molar-refractivity contribution is 6.01. The number of hydrogen-bond acceptors (Lipinski definition) is 3. The fourth-order valence-corrected chi connectivity index (χ4v) is 0.671. The normalized spacial score (nSPS) is 18.5. The minimum absolute atomic E-state index is 0.0274. The van der Waals surface area contributed by atoms with Crippen molar-refractivity contribution >= 4 is 11.7 Å². The van der Waals surface area contributed by atoms with Crippen LogP contribution in [0.15, 0.2) is 5.16 Å². The number of oxime groups is 1. The maximum atomic E-state index is 10.8. The maximum absolute atomic E-state index is 10.8. The van der Waals surface area contributed by atoms with Crippen molar-refractivity contribution in [2.45, 2.75) is 20.8 Å². The Morgan fingerprint density at radius 2 is 2.18 bits per heavy atom. The SMILES string of the molecule is CC(C)(C)C1=NOCC(=O)N1. The van der Waals surface area contributed by atoms with E-state index in [9.17, 15) is 4.79 Å². The summed E-state index contributed by atoms with van der Waals surface area (Å²) in [6.45, 7) is 5.90. The first-order chi connectivity index (χ1) is 5.00. The Morgan fingerprint density at radius 3 is 2.55 bits per heavy atom. The second-order valence-electron chi connectivity index (χ2n) is 3.51. The Balaban J connectivity index is 2.73. The zero-order valence-corrected chi connectivity index (χ0v) is 6.97. The van der Waals surface area contributed by atoms with Gasteiger partial charge in [-0.15, -0.1) is 0 Å². The van der Waals surface area contributed by atoms with Gasteiger partial charge >= 0.3 is 0 Å². The molecule has 0 fully saturated rings. The molecule has 1 heterocycles. The van der Waals surface area contributed by atoms with Crippen LogP contribution in [0.1, 0.15) is 20.8 Å². The summed E-state index contributed by atoms with van der Waals surface area (Å²) >= 11 is 0. The highest BCUT2D eigenvalue weighted by atomic mass is 16.6. The van der Waals surface area contributed by atoms with Crippen LogP contribution in [-0.2, 0) is 9.63 Å². The van der Waals surface area contributed by atoms with Crippen LogP contribution in [0.4, 0.5) is 0 Å². The molecule has 0 aromatic heterocycles. The molecule has 0 bridgehead atoms. The van der Waals surface area contributed by atoms with Crippen molar-refractivity contribution in [3.63, 3.8) is 0 Å². The van der Waals surface area contributed by atoms with E-state index in [0.717, 1.165) is 0 Å². The number of hydrogen-bond donors (Lipinski definition) is 1. The molecular formula is C7H12N2O2. The third-order valence-corrected chi connectivity index (χ3v) is 1.32. The Bertz CT molecular complexity index is 203. The van der Waals surface area contributed by atoms with Crippen molar-refractivity contribution in [2.24, 2.45) is 10.6 Å². The molecule has 0 unspecified atom stereocenters. The Labute approximate surface area is 65.6 Å². The molecule has 0 aromatic carbocycles. The summed E-state index contributed by atoms with van der Waals surface area (Å²) < 4.78 is 0. The summed E-state index contributed by atoms with van der Waals surface area (Å²) in [5.74, 6) is 0.457. The van der Waals surface area contributed by atoms with E-state index < -0.39 is 0 Å². The molecule has 0 aromatic rings. The van der Waals surface area contributed by atoms with Gasteiger partial charge in [-0.1, -0.05) is 25.9 Å². The average molecular weight is 156 g/mol. The van der Waals surface area contributed by atoms with E-state index in [-0.39, 0.29) is 17.9 Å². The fourth-order valence-electron chi connectivity index (χ4n) is 0.671. The smallest absolute Gasteiger partial charge is 0.266 e. The fraction of sp³-hybridized carbons (Fsp3) is 0.714. The Kier molecular flexibility index (Phi) is 1.85. The van der Waals surface area contributed by atoms with E-state index >= 15 is 0 Å². The predicted octanol–water partition coefficient (Wildman–Crippen LogP) is 0.492. The molecular weight excluding hydrogens is 144 g/mol. The largest absolute Gasteiger partial charge is 0.384 e. The van der Waals surface area contributed by atoms with Crippen LogP contribution in [-0.4, -0.2) is 18.3 Å². The number of rotatable bonds is 0. The second kappa shape index (κ2) is 2.53. The monoisotopic (exact) mass is 156 g/mol. The summed E-state index contributed by atoms with van der Waals surface area (Å²) in [6.07, 6.45) is 0. The minimum atomic E-state index is -0.157. The molecule has 1 rings (SSSR count). The van der Waals surface area contributed by atoms with Crippen molar-refractivity contribution < 1.29 is 9.63 Å². The molecule has 0 atom stereocenters. The van der Waals surface area contributed by atoms with Gasteiger partial charge in [0, 0.05) is 5.41 Å². The molecule has 0 saturated heterocycles. The van der Waals surface area contributed by atoms with Crippen molar-refractivity contribution in [1.29, 1.82) is 0 Å². The molecule has 1 aliphatic heterocycles. The van der Waals surface area contributed by atoms with Gasteiger partial charge in [0.15, 0.2) is 12.4 Å². The number of carbonyl (C=O) groups is 1. The number of nitrogens with zero attached hydrogens (tertiary/aromatic N) is 1. The maximum Gasteiger partial charge on any atom is 0.266 e. The zero-order chi connectivity index (χ0) is 8.48. The van der Waals surface area contributed by atoms with E-state index in [1.54, 1.807) is 0 Å². The van der Waals surface area contributed by atoms with Gasteiger partial charge in [0.25, 0.3) is 5.91 Å². The van der Waals surface area contributed by atoms with Crippen LogP contribution in [0.3, 0.4) is 0 Å². The molecule has 62 valence electrons. The molecule has 1 N–H and O–H groups in total. The van der Waals surface area contributed by atoms with Crippen LogP contribution >= 0.6 is 0 Å². The standard InChI is InChI=1S/C7H12N2O2/c1-7(2,3)6-8-5(10)4-11-9-6/h4H2,1-3H3,(H,8,9,10). The number of amidine groups is 1. The van der Waals surface area contributed by atoms with Crippen molar-refractivity contribution in [1.82, 2.24) is 5.32 Å². The highest BCUT2D eigenvalue weighted by Gasteiger charge is 2.24. The van der Waals surface area contributed by atoms with E-state index in [4.69, 9.17) is 4.84 Å². The topological polar surface area (TPSA) is 50.7 Å². The molecule has 4 nitrogen and oxygen atoms in total. The van der Waals surface area contributed by atoms with Crippen molar-refractivity contribution in [3.8, 4) is 0 Å². The third kappa shape index (κ3) is 1.93. The van der Waals surface area contributed by atoms with Crippen LogP contribution in [0.2, 0.25) is 0 Å². The van der Waals surface area contributed by atoms with Gasteiger partial charge < -0.3 is 10.2 Å². The summed E-state index contributed by atoms with van der Waals surface area (Å²) in [5.41, 5.74) is -0.157. The molecule has 0 spiro atoms. The molecule has 11 heavy (non-hydrogen) atoms. The minimum Gasteiger partial charge on any atom is -0.384 e. The van der Waals surface area contributed by atoms with Crippen LogP contribution in [0, 0.1) is 5.41 Å². The van der Waals surface area contributed by atoms with Crippen molar-refractivity contribution in [3.05, 3.63) is 0 Å². The van der Waals surface area contributed by atoms with Gasteiger partial charge in [-0.3, -0.25) is 4.79 Å². The number of amides is 1. The lowest BCUT2D eigenvalue weighted by Gasteiger charge is -2.23. The van der Waals surface area contributed by atoms with Gasteiger partial charge in [0.2, 0.25) is 0 Å². The summed E-state index contributed by atoms with van der Waals surface area (Å²) in [4.78, 5) is 15.5. The first kappa shape index (κ1) is 8.04. The van der Waals surface area contributed by atoms with Crippen molar-refractivity contribution in [2.75, 3.05) is 6.61 Å². The second-order valence-corrected chi connectivity index (χ2v) is 3.51. The lowest BCUT2D eigenvalue weighted by Crippen LogP contribution is -2.43. The lowest BCUT2D eigenvalue weighted by molar-refractivity contribution is -0.125. The third-order valence-electron chi connectivity index (χ3n) is 1.32. The zero-order valence-electron chi connectivity index (χ0n) is 6.97. The molecule has 1 amide bonds. The van der Waals surface area contributed by atoms with Gasteiger partial charge in [0.05, 0.1) is 0 Å². The molecule has 4 heteroatoms. The van der Waals surface area contributed by atoms with E-state index in [2.05, 4.69) is 10.5 Å². The first-order valence-electron chi connectivity index (χ1n) is 3.50. The first-order valence-corrected chi connectivity index (χ1v) is 3.50. The molecule has 1 aliphatic rings. The summed E-state index contributed by atoms with van der Waals surface area (Å²) in [5, 5.41) is 6.38. The quantitative estimate of drug-likeness (QED) is 0.555. The Morgan fingerprint density at radius 1 is 1.55 bits per heavy atom. The van der Waals surface area contributed by atoms with Gasteiger partial charge in [-0.25, -0.2) is 0 Å². The highest BCUT2D eigenvalue weighted by Crippen LogP contribution is 2.15. The van der Waals surface area contributed by atoms with Gasteiger partial charge in [-0.2, -0.15) is 0 Å². The number of nitrogens with one attached hydrogen (secondary N) is 1. The molecule has 0 radical (unpaired) electrons. The predicted molar refractivity (Wildman–Crippen MR) is 41.0 cm³/mol.